The van der Waals surface area contributed by atoms with Crippen LogP contribution in [0.15, 0.2) is 11.7 Å². The van der Waals surface area contributed by atoms with Gasteiger partial charge in [0, 0.05) is 19.5 Å². The number of anilines is 1. The van der Waals surface area contributed by atoms with Gasteiger partial charge >= 0.3 is 0 Å². The highest BCUT2D eigenvalue weighted by Gasteiger charge is 2.16. The van der Waals surface area contributed by atoms with Gasteiger partial charge in [-0.15, -0.1) is 11.3 Å². The minimum atomic E-state index is 0.225. The Hall–Kier alpha value is -1.27. The Morgan fingerprint density at radius 1 is 1.56 bits per heavy atom. The Balaban J connectivity index is 2.38. The summed E-state index contributed by atoms with van der Waals surface area (Å²) in [6.07, 6.45) is 2.29. The Kier molecular flexibility index (Phi) is 3.77. The van der Waals surface area contributed by atoms with Gasteiger partial charge in [-0.1, -0.05) is 12.2 Å². The first-order valence-corrected chi connectivity index (χ1v) is 6.99. The molecule has 96 valence electrons. The molecule has 0 amide bonds. The van der Waals surface area contributed by atoms with Crippen molar-refractivity contribution in [3.63, 3.8) is 0 Å². The number of rotatable bonds is 4. The zero-order chi connectivity index (χ0) is 13.3. The number of hydrogen-bond donors (Lipinski definition) is 1. The number of fused-ring (bicyclic) bond motifs is 1. The standard InChI is InChI=1S/C12H16N4S2/c1-7-5-18-11-10(7)14-6-15-12(11)16(3)8(2)4-9(13)17/h5-6,8H,4H2,1-3H3,(H2,13,17). The molecular formula is C12H16N4S2. The molecule has 0 aliphatic heterocycles. The summed E-state index contributed by atoms with van der Waals surface area (Å²) in [5.41, 5.74) is 7.82. The summed E-state index contributed by atoms with van der Waals surface area (Å²) in [6, 6.07) is 0.225. The van der Waals surface area contributed by atoms with Crippen LogP contribution in [-0.4, -0.2) is 28.0 Å². The van der Waals surface area contributed by atoms with E-state index >= 15 is 0 Å². The minimum absolute atomic E-state index is 0.225. The average molecular weight is 280 g/mol. The van der Waals surface area contributed by atoms with Crippen LogP contribution < -0.4 is 10.6 Å². The number of hydrogen-bond acceptors (Lipinski definition) is 5. The number of thiophene rings is 1. The quantitative estimate of drug-likeness (QED) is 0.872. The van der Waals surface area contributed by atoms with Crippen molar-refractivity contribution in [3.8, 4) is 0 Å². The van der Waals surface area contributed by atoms with Crippen molar-refractivity contribution in [1.29, 1.82) is 0 Å². The number of nitrogens with two attached hydrogens (primary N) is 1. The predicted molar refractivity (Wildman–Crippen MR) is 81.4 cm³/mol. The molecule has 0 saturated heterocycles. The van der Waals surface area contributed by atoms with E-state index in [1.807, 2.05) is 7.05 Å². The van der Waals surface area contributed by atoms with Gasteiger partial charge in [0.25, 0.3) is 0 Å². The van der Waals surface area contributed by atoms with Crippen LogP contribution in [0, 0.1) is 6.92 Å². The van der Waals surface area contributed by atoms with Gasteiger partial charge in [0.15, 0.2) is 0 Å². The monoisotopic (exact) mass is 280 g/mol. The van der Waals surface area contributed by atoms with Gasteiger partial charge in [0.05, 0.1) is 15.2 Å². The van der Waals surface area contributed by atoms with Crippen molar-refractivity contribution in [1.82, 2.24) is 9.97 Å². The highest BCUT2D eigenvalue weighted by Crippen LogP contribution is 2.31. The first-order chi connectivity index (χ1) is 8.50. The molecule has 0 radical (unpaired) electrons. The fourth-order valence-corrected chi connectivity index (χ4v) is 3.12. The molecule has 0 spiro atoms. The molecule has 1 unspecified atom stereocenters. The van der Waals surface area contributed by atoms with Crippen LogP contribution in [0.5, 0.6) is 0 Å². The maximum absolute atomic E-state index is 5.60. The summed E-state index contributed by atoms with van der Waals surface area (Å²) < 4.78 is 1.12. The molecule has 6 heteroatoms. The minimum Gasteiger partial charge on any atom is -0.393 e. The van der Waals surface area contributed by atoms with Gasteiger partial charge in [0.1, 0.15) is 12.1 Å². The molecule has 2 N–H and O–H groups in total. The maximum atomic E-state index is 5.60. The topological polar surface area (TPSA) is 55.0 Å². The van der Waals surface area contributed by atoms with Crippen LogP contribution >= 0.6 is 23.6 Å². The van der Waals surface area contributed by atoms with Crippen molar-refractivity contribution < 1.29 is 0 Å². The molecule has 2 aromatic heterocycles. The molecule has 0 aliphatic carbocycles. The van der Waals surface area contributed by atoms with Crippen molar-refractivity contribution in [2.75, 3.05) is 11.9 Å². The second-order valence-corrected chi connectivity index (χ2v) is 5.83. The van der Waals surface area contributed by atoms with Crippen molar-refractivity contribution in [3.05, 3.63) is 17.3 Å². The van der Waals surface area contributed by atoms with E-state index in [1.54, 1.807) is 17.7 Å². The third kappa shape index (κ3) is 2.44. The van der Waals surface area contributed by atoms with Crippen LogP contribution in [0.1, 0.15) is 18.9 Å². The Bertz CT molecular complexity index is 578. The SMILES string of the molecule is Cc1csc2c(N(C)C(C)CC(N)=S)ncnc12. The lowest BCUT2D eigenvalue weighted by atomic mass is 10.2. The second kappa shape index (κ2) is 5.16. The Morgan fingerprint density at radius 2 is 2.28 bits per heavy atom. The van der Waals surface area contributed by atoms with Gasteiger partial charge < -0.3 is 10.6 Å². The number of nitrogens with zero attached hydrogens (tertiary/aromatic N) is 3. The zero-order valence-electron chi connectivity index (χ0n) is 10.7. The molecule has 1 atom stereocenters. The first kappa shape index (κ1) is 13.2. The summed E-state index contributed by atoms with van der Waals surface area (Å²) in [7, 11) is 2.01. The molecule has 2 heterocycles. The molecule has 0 fully saturated rings. The predicted octanol–water partition coefficient (Wildman–Crippen LogP) is 2.50. The van der Waals surface area contributed by atoms with E-state index in [0.29, 0.717) is 11.4 Å². The fraction of sp³-hybridized carbons (Fsp3) is 0.417. The molecule has 0 bridgehead atoms. The van der Waals surface area contributed by atoms with Crippen LogP contribution in [0.2, 0.25) is 0 Å². The first-order valence-electron chi connectivity index (χ1n) is 5.70. The normalized spacial score (nSPS) is 12.6. The summed E-state index contributed by atoms with van der Waals surface area (Å²) in [5.74, 6) is 0.946. The molecule has 2 aromatic rings. The highest BCUT2D eigenvalue weighted by molar-refractivity contribution is 7.80. The largest absolute Gasteiger partial charge is 0.393 e. The van der Waals surface area contributed by atoms with Gasteiger partial charge in [-0.2, -0.15) is 0 Å². The summed E-state index contributed by atoms with van der Waals surface area (Å²) in [5, 5.41) is 2.11. The van der Waals surface area contributed by atoms with E-state index in [4.69, 9.17) is 18.0 Å². The highest BCUT2D eigenvalue weighted by atomic mass is 32.1. The van der Waals surface area contributed by atoms with E-state index < -0.39 is 0 Å². The molecule has 0 aromatic carbocycles. The summed E-state index contributed by atoms with van der Waals surface area (Å²) in [4.78, 5) is 11.4. The van der Waals surface area contributed by atoms with Crippen molar-refractivity contribution in [2.24, 2.45) is 5.73 Å². The van der Waals surface area contributed by atoms with Crippen LogP contribution in [-0.2, 0) is 0 Å². The molecule has 0 aliphatic rings. The molecular weight excluding hydrogens is 264 g/mol. The van der Waals surface area contributed by atoms with Gasteiger partial charge in [-0.3, -0.25) is 0 Å². The van der Waals surface area contributed by atoms with Crippen LogP contribution in [0.4, 0.5) is 5.82 Å². The number of aryl methyl sites for hydroxylation is 1. The summed E-state index contributed by atoms with van der Waals surface area (Å²) >= 11 is 6.64. The Labute approximate surface area is 116 Å². The summed E-state index contributed by atoms with van der Waals surface area (Å²) in [6.45, 7) is 4.15. The smallest absolute Gasteiger partial charge is 0.150 e. The lowest BCUT2D eigenvalue weighted by molar-refractivity contribution is 0.708. The van der Waals surface area contributed by atoms with Gasteiger partial charge in [0.2, 0.25) is 0 Å². The molecule has 0 saturated carbocycles. The van der Waals surface area contributed by atoms with E-state index in [9.17, 15) is 0 Å². The zero-order valence-corrected chi connectivity index (χ0v) is 12.3. The van der Waals surface area contributed by atoms with Gasteiger partial charge in [-0.25, -0.2) is 9.97 Å². The maximum Gasteiger partial charge on any atom is 0.150 e. The molecule has 4 nitrogen and oxygen atoms in total. The van der Waals surface area contributed by atoms with Crippen LogP contribution in [0.3, 0.4) is 0 Å². The van der Waals surface area contributed by atoms with E-state index in [2.05, 4.69) is 34.1 Å². The van der Waals surface area contributed by atoms with Crippen molar-refractivity contribution >= 4 is 44.6 Å². The number of thiocarbonyl (C=S) groups is 1. The van der Waals surface area contributed by atoms with Crippen molar-refractivity contribution in [2.45, 2.75) is 26.3 Å². The van der Waals surface area contributed by atoms with E-state index in [0.717, 1.165) is 16.0 Å². The van der Waals surface area contributed by atoms with Crippen LogP contribution in [0.25, 0.3) is 10.2 Å². The second-order valence-electron chi connectivity index (χ2n) is 4.42. The molecule has 18 heavy (non-hydrogen) atoms. The average Bonchev–Trinajstić information content (AvgIpc) is 2.69. The molecule has 2 rings (SSSR count). The number of aromatic nitrogens is 2. The van der Waals surface area contributed by atoms with E-state index in [-0.39, 0.29) is 6.04 Å². The third-order valence-corrected chi connectivity index (χ3v) is 4.25. The van der Waals surface area contributed by atoms with Gasteiger partial charge in [-0.05, 0) is 24.8 Å². The van der Waals surface area contributed by atoms with E-state index in [1.165, 1.54) is 5.56 Å². The lowest BCUT2D eigenvalue weighted by Gasteiger charge is -2.25. The Morgan fingerprint density at radius 3 is 2.94 bits per heavy atom. The third-order valence-electron chi connectivity index (χ3n) is 3.00. The fourth-order valence-electron chi connectivity index (χ4n) is 1.85. The lowest BCUT2D eigenvalue weighted by Crippen LogP contribution is -2.33.